The summed E-state index contributed by atoms with van der Waals surface area (Å²) in [5, 5.41) is 22.4. The number of thioether (sulfide) groups is 1. The molecule has 2 aromatic rings. The highest BCUT2D eigenvalue weighted by molar-refractivity contribution is 8.03. The van der Waals surface area contributed by atoms with Gasteiger partial charge in [-0.3, -0.25) is 9.59 Å². The van der Waals surface area contributed by atoms with Crippen LogP contribution >= 0.6 is 11.8 Å². The van der Waals surface area contributed by atoms with Gasteiger partial charge in [0.1, 0.15) is 11.2 Å². The summed E-state index contributed by atoms with van der Waals surface area (Å²) in [4.78, 5) is 24.2. The summed E-state index contributed by atoms with van der Waals surface area (Å²) in [6.07, 6.45) is -0.268. The highest BCUT2D eigenvalue weighted by atomic mass is 32.2. The molecule has 122 valence electrons. The Labute approximate surface area is 142 Å². The summed E-state index contributed by atoms with van der Waals surface area (Å²) in [7, 11) is 0. The molecule has 0 aliphatic heterocycles. The summed E-state index contributed by atoms with van der Waals surface area (Å²) in [5.74, 6) is -3.15. The van der Waals surface area contributed by atoms with Crippen molar-refractivity contribution in [1.82, 2.24) is 0 Å². The van der Waals surface area contributed by atoms with Gasteiger partial charge in [-0.1, -0.05) is 12.1 Å². The van der Waals surface area contributed by atoms with E-state index in [4.69, 9.17) is 5.26 Å². The molecule has 0 saturated heterocycles. The number of hydrogen-bond donors (Lipinski definition) is 2. The van der Waals surface area contributed by atoms with E-state index in [0.29, 0.717) is 11.3 Å². The Bertz CT molecular complexity index is 770. The minimum atomic E-state index is -1.16. The number of aliphatic carboxylic acids is 1. The zero-order valence-electron chi connectivity index (χ0n) is 12.4. The molecule has 0 spiro atoms. The first-order chi connectivity index (χ1) is 11.5. The van der Waals surface area contributed by atoms with Crippen LogP contribution in [0, 0.1) is 16.5 Å². The van der Waals surface area contributed by atoms with Crippen molar-refractivity contribution in [1.29, 1.82) is 5.26 Å². The third-order valence-electron chi connectivity index (χ3n) is 3.26. The molecule has 0 fully saturated rings. The molecule has 0 unspecified atom stereocenters. The first-order valence-corrected chi connectivity index (χ1v) is 7.75. The smallest absolute Gasteiger partial charge is 0.311 e. The molecule has 7 heteroatoms. The highest BCUT2D eigenvalue weighted by Crippen LogP contribution is 2.23. The maximum absolute atomic E-state index is 12.9. The predicted molar refractivity (Wildman–Crippen MR) is 87.9 cm³/mol. The second kappa shape index (κ2) is 8.13. The van der Waals surface area contributed by atoms with Gasteiger partial charge in [0.15, 0.2) is 0 Å². The summed E-state index contributed by atoms with van der Waals surface area (Å²) in [6.45, 7) is 0. The topological polar surface area (TPSA) is 90.2 Å². The lowest BCUT2D eigenvalue weighted by Crippen LogP contribution is -2.20. The maximum Gasteiger partial charge on any atom is 0.311 e. The van der Waals surface area contributed by atoms with Crippen molar-refractivity contribution in [2.75, 3.05) is 5.32 Å². The van der Waals surface area contributed by atoms with Crippen LogP contribution in [-0.2, 0) is 9.59 Å². The van der Waals surface area contributed by atoms with E-state index < -0.39 is 23.6 Å². The van der Waals surface area contributed by atoms with Crippen LogP contribution < -0.4 is 5.32 Å². The summed E-state index contributed by atoms with van der Waals surface area (Å²) >= 11 is 1.00. The van der Waals surface area contributed by atoms with E-state index in [1.54, 1.807) is 24.3 Å². The van der Waals surface area contributed by atoms with Crippen LogP contribution in [0.15, 0.2) is 53.4 Å². The molecule has 2 aromatic carbocycles. The molecule has 1 atom stereocenters. The van der Waals surface area contributed by atoms with Gasteiger partial charge in [-0.15, -0.1) is 0 Å². The fourth-order valence-corrected chi connectivity index (χ4v) is 2.48. The van der Waals surface area contributed by atoms with E-state index in [9.17, 15) is 19.1 Å². The fourth-order valence-electron chi connectivity index (χ4n) is 2.10. The number of nitriles is 1. The second-order valence-corrected chi connectivity index (χ2v) is 5.77. The number of nitrogens with zero attached hydrogens (tertiary/aromatic N) is 1. The molecule has 0 radical (unpaired) electrons. The van der Waals surface area contributed by atoms with Crippen molar-refractivity contribution in [2.24, 2.45) is 0 Å². The normalized spacial score (nSPS) is 11.3. The van der Waals surface area contributed by atoms with Crippen LogP contribution in [0.25, 0.3) is 0 Å². The molecule has 0 aliphatic carbocycles. The Balaban J connectivity index is 2.04. The lowest BCUT2D eigenvalue weighted by molar-refractivity contribution is -0.140. The van der Waals surface area contributed by atoms with Gasteiger partial charge < -0.3 is 10.4 Å². The third kappa shape index (κ3) is 4.83. The van der Waals surface area contributed by atoms with Crippen molar-refractivity contribution in [3.8, 4) is 5.40 Å². The molecule has 2 rings (SSSR count). The number of benzene rings is 2. The van der Waals surface area contributed by atoms with Gasteiger partial charge in [-0.25, -0.2) is 4.39 Å². The van der Waals surface area contributed by atoms with Crippen LogP contribution in [0.5, 0.6) is 0 Å². The lowest BCUT2D eigenvalue weighted by atomic mass is 9.95. The zero-order chi connectivity index (χ0) is 17.5. The third-order valence-corrected chi connectivity index (χ3v) is 3.86. The molecular weight excluding hydrogens is 331 g/mol. The molecule has 24 heavy (non-hydrogen) atoms. The van der Waals surface area contributed by atoms with E-state index >= 15 is 0 Å². The monoisotopic (exact) mass is 344 g/mol. The molecule has 0 heterocycles. The number of rotatable bonds is 6. The Hall–Kier alpha value is -2.85. The lowest BCUT2D eigenvalue weighted by Gasteiger charge is -2.13. The molecule has 5 nitrogen and oxygen atoms in total. The number of halogens is 1. The summed E-state index contributed by atoms with van der Waals surface area (Å²) in [6, 6.07) is 11.7. The summed E-state index contributed by atoms with van der Waals surface area (Å²) < 4.78 is 12.9. The Kier molecular flexibility index (Phi) is 5.93. The van der Waals surface area contributed by atoms with Crippen LogP contribution in [0.4, 0.5) is 10.1 Å². The van der Waals surface area contributed by atoms with E-state index in [0.717, 1.165) is 28.8 Å². The number of nitrogens with one attached hydrogen (secondary N) is 1. The Morgan fingerprint density at radius 3 is 2.33 bits per heavy atom. The minimum absolute atomic E-state index is 0.268. The molecule has 0 saturated carbocycles. The van der Waals surface area contributed by atoms with Crippen molar-refractivity contribution in [2.45, 2.75) is 17.2 Å². The van der Waals surface area contributed by atoms with Crippen LogP contribution in [-0.4, -0.2) is 17.0 Å². The van der Waals surface area contributed by atoms with Gasteiger partial charge in [0, 0.05) is 17.0 Å². The molecule has 0 bridgehead atoms. The predicted octanol–water partition coefficient (Wildman–Crippen LogP) is 3.60. The Morgan fingerprint density at radius 2 is 1.79 bits per heavy atom. The van der Waals surface area contributed by atoms with Gasteiger partial charge in [-0.05, 0) is 53.7 Å². The molecule has 0 aliphatic rings. The number of amides is 1. The number of hydrogen-bond acceptors (Lipinski definition) is 4. The largest absolute Gasteiger partial charge is 0.481 e. The number of thiocyanates is 1. The van der Waals surface area contributed by atoms with Crippen molar-refractivity contribution >= 4 is 29.3 Å². The van der Waals surface area contributed by atoms with Crippen molar-refractivity contribution in [3.05, 3.63) is 59.9 Å². The van der Waals surface area contributed by atoms with Gasteiger partial charge in [0.2, 0.25) is 5.91 Å². The van der Waals surface area contributed by atoms with Crippen LogP contribution in [0.2, 0.25) is 0 Å². The molecule has 1 amide bonds. The average molecular weight is 344 g/mol. The SMILES string of the molecule is N#CSc1ccc(NC(=O)C[C@H](C(=O)O)c2ccc(F)cc2)cc1. The average Bonchev–Trinajstić information content (AvgIpc) is 2.55. The van der Waals surface area contributed by atoms with E-state index in [2.05, 4.69) is 5.32 Å². The number of carbonyl (C=O) groups is 2. The fraction of sp³-hybridized carbons (Fsp3) is 0.118. The van der Waals surface area contributed by atoms with Crippen LogP contribution in [0.1, 0.15) is 17.9 Å². The standard InChI is InChI=1S/C17H13FN2O3S/c18-12-3-1-11(2-4-12)15(17(22)23)9-16(21)20-13-5-7-14(8-6-13)24-10-19/h1-8,15H,9H2,(H,20,21)(H,22,23)/t15-/m0/s1. The molecular formula is C17H13FN2O3S. The van der Waals surface area contributed by atoms with Crippen molar-refractivity contribution < 1.29 is 19.1 Å². The number of anilines is 1. The maximum atomic E-state index is 12.9. The van der Waals surface area contributed by atoms with E-state index in [1.807, 2.05) is 5.40 Å². The Morgan fingerprint density at radius 1 is 1.17 bits per heavy atom. The summed E-state index contributed by atoms with van der Waals surface area (Å²) in [5.41, 5.74) is 0.866. The number of carbonyl (C=O) groups excluding carboxylic acids is 1. The molecule has 0 aromatic heterocycles. The minimum Gasteiger partial charge on any atom is -0.481 e. The van der Waals surface area contributed by atoms with Gasteiger partial charge in [-0.2, -0.15) is 5.26 Å². The zero-order valence-corrected chi connectivity index (χ0v) is 13.2. The van der Waals surface area contributed by atoms with Gasteiger partial charge >= 0.3 is 5.97 Å². The quantitative estimate of drug-likeness (QED) is 0.617. The molecule has 2 N–H and O–H groups in total. The van der Waals surface area contributed by atoms with E-state index in [-0.39, 0.29) is 6.42 Å². The number of carboxylic acids is 1. The van der Waals surface area contributed by atoms with Gasteiger partial charge in [0.05, 0.1) is 5.92 Å². The number of carboxylic acid groups (broad SMARTS) is 1. The van der Waals surface area contributed by atoms with E-state index in [1.165, 1.54) is 12.1 Å². The van der Waals surface area contributed by atoms with Gasteiger partial charge in [0.25, 0.3) is 0 Å². The first kappa shape index (κ1) is 17.5. The van der Waals surface area contributed by atoms with Crippen molar-refractivity contribution in [3.63, 3.8) is 0 Å². The van der Waals surface area contributed by atoms with Crippen LogP contribution in [0.3, 0.4) is 0 Å². The highest BCUT2D eigenvalue weighted by Gasteiger charge is 2.23. The first-order valence-electron chi connectivity index (χ1n) is 6.93. The second-order valence-electron chi connectivity index (χ2n) is 4.91.